The van der Waals surface area contributed by atoms with E-state index < -0.39 is 0 Å². The molecule has 0 unspecified atom stereocenters. The van der Waals surface area contributed by atoms with Crippen molar-refractivity contribution in [2.45, 2.75) is 32.8 Å². The Balaban J connectivity index is 1.59. The van der Waals surface area contributed by atoms with Crippen LogP contribution >= 0.6 is 11.3 Å². The fraction of sp³-hybridized carbons (Fsp3) is 0.750. The first kappa shape index (κ1) is 15.7. The van der Waals surface area contributed by atoms with E-state index in [0.717, 1.165) is 30.4 Å². The van der Waals surface area contributed by atoms with Crippen molar-refractivity contribution in [3.05, 3.63) is 16.1 Å². The third-order valence-corrected chi connectivity index (χ3v) is 5.82. The average molecular weight is 323 g/mol. The molecule has 0 N–H and O–H groups in total. The Labute approximate surface area is 136 Å². The molecule has 1 aromatic heterocycles. The highest BCUT2D eigenvalue weighted by atomic mass is 32.1. The second-order valence-electron chi connectivity index (χ2n) is 6.86. The van der Waals surface area contributed by atoms with Gasteiger partial charge in [-0.15, -0.1) is 11.3 Å². The van der Waals surface area contributed by atoms with E-state index in [1.54, 1.807) is 16.2 Å². The zero-order valence-corrected chi connectivity index (χ0v) is 14.5. The average Bonchev–Trinajstić information content (AvgIpc) is 3.12. The Morgan fingerprint density at radius 1 is 1.59 bits per heavy atom. The Hall–Kier alpha value is -1.14. The third kappa shape index (κ3) is 2.99. The highest BCUT2D eigenvalue weighted by Gasteiger charge is 2.50. The fourth-order valence-electron chi connectivity index (χ4n) is 3.91. The second-order valence-corrected chi connectivity index (χ2v) is 7.92. The molecule has 1 saturated heterocycles. The minimum absolute atomic E-state index is 0.129. The summed E-state index contributed by atoms with van der Waals surface area (Å²) in [4.78, 5) is 20.3. The van der Waals surface area contributed by atoms with E-state index in [1.807, 2.05) is 25.9 Å². The summed E-state index contributed by atoms with van der Waals surface area (Å²) in [6.07, 6.45) is 3.65. The lowest BCUT2D eigenvalue weighted by molar-refractivity contribution is 0.0265. The quantitative estimate of drug-likeness (QED) is 0.856. The van der Waals surface area contributed by atoms with Crippen LogP contribution in [0, 0.1) is 18.3 Å². The van der Waals surface area contributed by atoms with Gasteiger partial charge in [-0.05, 0) is 25.7 Å². The van der Waals surface area contributed by atoms with Crippen molar-refractivity contribution < 1.29 is 9.53 Å². The lowest BCUT2D eigenvalue weighted by Crippen LogP contribution is -2.40. The standard InChI is InChI=1S/C16H25N3O2S/c1-12-17-14(9-22-12)8-21-11-16-6-4-5-13(16)7-19(10-16)15(20)18(2)3/h9,13H,4-8,10-11H2,1-3H3/t13-,16+/m1/s1. The topological polar surface area (TPSA) is 45.7 Å². The zero-order chi connectivity index (χ0) is 15.7. The summed E-state index contributed by atoms with van der Waals surface area (Å²) >= 11 is 1.66. The van der Waals surface area contributed by atoms with Crippen LogP contribution in [0.15, 0.2) is 5.38 Å². The predicted octanol–water partition coefficient (Wildman–Crippen LogP) is 2.75. The van der Waals surface area contributed by atoms with Crippen LogP contribution in [0.2, 0.25) is 0 Å². The molecular formula is C16H25N3O2S. The number of amides is 2. The Morgan fingerprint density at radius 3 is 3.09 bits per heavy atom. The van der Waals surface area contributed by atoms with Gasteiger partial charge in [-0.1, -0.05) is 6.42 Å². The molecule has 1 aliphatic carbocycles. The van der Waals surface area contributed by atoms with Crippen molar-refractivity contribution in [2.24, 2.45) is 11.3 Å². The molecule has 2 atom stereocenters. The number of urea groups is 1. The number of hydrogen-bond donors (Lipinski definition) is 0. The van der Waals surface area contributed by atoms with Crippen molar-refractivity contribution >= 4 is 17.4 Å². The highest BCUT2D eigenvalue weighted by molar-refractivity contribution is 7.09. The summed E-state index contributed by atoms with van der Waals surface area (Å²) in [5, 5.41) is 3.15. The van der Waals surface area contributed by atoms with Crippen LogP contribution in [0.5, 0.6) is 0 Å². The molecule has 3 rings (SSSR count). The summed E-state index contributed by atoms with van der Waals surface area (Å²) < 4.78 is 6.00. The summed E-state index contributed by atoms with van der Waals surface area (Å²) in [5.74, 6) is 0.591. The number of carbonyl (C=O) groups is 1. The molecule has 0 aromatic carbocycles. The van der Waals surface area contributed by atoms with Gasteiger partial charge in [0.1, 0.15) is 0 Å². The van der Waals surface area contributed by atoms with Crippen molar-refractivity contribution in [3.63, 3.8) is 0 Å². The number of fused-ring (bicyclic) bond motifs is 1. The van der Waals surface area contributed by atoms with Crippen LogP contribution < -0.4 is 0 Å². The van der Waals surface area contributed by atoms with Crippen LogP contribution in [0.4, 0.5) is 4.79 Å². The molecule has 1 aliphatic heterocycles. The minimum Gasteiger partial charge on any atom is -0.374 e. The van der Waals surface area contributed by atoms with E-state index in [-0.39, 0.29) is 11.4 Å². The number of nitrogens with zero attached hydrogens (tertiary/aromatic N) is 3. The van der Waals surface area contributed by atoms with Gasteiger partial charge in [-0.3, -0.25) is 0 Å². The number of likely N-dealkylation sites (tertiary alicyclic amines) is 1. The maximum Gasteiger partial charge on any atom is 0.319 e. The zero-order valence-electron chi connectivity index (χ0n) is 13.7. The summed E-state index contributed by atoms with van der Waals surface area (Å²) in [7, 11) is 3.65. The van der Waals surface area contributed by atoms with Gasteiger partial charge in [0, 0.05) is 38.0 Å². The first-order valence-electron chi connectivity index (χ1n) is 7.95. The smallest absolute Gasteiger partial charge is 0.319 e. The minimum atomic E-state index is 0.129. The van der Waals surface area contributed by atoms with Crippen LogP contribution in [0.1, 0.15) is 30.0 Å². The molecule has 0 spiro atoms. The molecule has 2 heterocycles. The van der Waals surface area contributed by atoms with E-state index >= 15 is 0 Å². The molecule has 2 aliphatic rings. The molecule has 2 fully saturated rings. The van der Waals surface area contributed by atoms with Crippen LogP contribution in [0.25, 0.3) is 0 Å². The number of carbonyl (C=O) groups excluding carboxylic acids is 1. The van der Waals surface area contributed by atoms with Gasteiger partial charge in [-0.2, -0.15) is 0 Å². The van der Waals surface area contributed by atoms with Gasteiger partial charge in [0.05, 0.1) is 23.9 Å². The van der Waals surface area contributed by atoms with E-state index in [1.165, 1.54) is 19.3 Å². The van der Waals surface area contributed by atoms with E-state index in [0.29, 0.717) is 12.5 Å². The molecule has 1 aromatic rings. The van der Waals surface area contributed by atoms with Gasteiger partial charge in [0.15, 0.2) is 0 Å². The number of aromatic nitrogens is 1. The van der Waals surface area contributed by atoms with E-state index in [4.69, 9.17) is 4.74 Å². The first-order valence-corrected chi connectivity index (χ1v) is 8.83. The Bertz CT molecular complexity index is 545. The van der Waals surface area contributed by atoms with Crippen LogP contribution in [-0.4, -0.2) is 54.6 Å². The second kappa shape index (κ2) is 6.16. The Morgan fingerprint density at radius 2 is 2.41 bits per heavy atom. The fourth-order valence-corrected chi connectivity index (χ4v) is 4.51. The number of thiazole rings is 1. The van der Waals surface area contributed by atoms with E-state index in [2.05, 4.69) is 10.4 Å². The molecule has 6 heteroatoms. The van der Waals surface area contributed by atoms with Crippen molar-refractivity contribution in [2.75, 3.05) is 33.8 Å². The largest absolute Gasteiger partial charge is 0.374 e. The predicted molar refractivity (Wildman–Crippen MR) is 86.9 cm³/mol. The highest BCUT2D eigenvalue weighted by Crippen LogP contribution is 2.49. The lowest BCUT2D eigenvalue weighted by atomic mass is 9.82. The molecule has 0 radical (unpaired) electrons. The maximum atomic E-state index is 12.2. The summed E-state index contributed by atoms with van der Waals surface area (Å²) in [6.45, 7) is 5.06. The molecule has 5 nitrogen and oxygen atoms in total. The number of hydrogen-bond acceptors (Lipinski definition) is 4. The summed E-state index contributed by atoms with van der Waals surface area (Å²) in [5.41, 5.74) is 1.18. The van der Waals surface area contributed by atoms with Gasteiger partial charge < -0.3 is 14.5 Å². The Kier molecular flexibility index (Phi) is 4.41. The van der Waals surface area contributed by atoms with Gasteiger partial charge in [-0.25, -0.2) is 9.78 Å². The molecular weight excluding hydrogens is 298 g/mol. The van der Waals surface area contributed by atoms with Gasteiger partial charge in [0.2, 0.25) is 0 Å². The SMILES string of the molecule is Cc1nc(COC[C@@]23CCC[C@@H]2CN(C(=O)N(C)C)C3)cs1. The molecule has 122 valence electrons. The van der Waals surface area contributed by atoms with Crippen molar-refractivity contribution in [1.29, 1.82) is 0 Å². The number of ether oxygens (including phenoxy) is 1. The number of rotatable bonds is 4. The van der Waals surface area contributed by atoms with Crippen molar-refractivity contribution in [3.8, 4) is 0 Å². The van der Waals surface area contributed by atoms with Gasteiger partial charge >= 0.3 is 6.03 Å². The van der Waals surface area contributed by atoms with Crippen LogP contribution in [-0.2, 0) is 11.3 Å². The van der Waals surface area contributed by atoms with Crippen molar-refractivity contribution in [1.82, 2.24) is 14.8 Å². The molecule has 2 amide bonds. The number of aryl methyl sites for hydroxylation is 1. The lowest BCUT2D eigenvalue weighted by Gasteiger charge is -2.29. The normalized spacial score (nSPS) is 27.2. The third-order valence-electron chi connectivity index (χ3n) is 5.00. The van der Waals surface area contributed by atoms with E-state index in [9.17, 15) is 4.79 Å². The van der Waals surface area contributed by atoms with Crippen LogP contribution in [0.3, 0.4) is 0 Å². The van der Waals surface area contributed by atoms with Gasteiger partial charge in [0.25, 0.3) is 0 Å². The monoisotopic (exact) mass is 323 g/mol. The molecule has 22 heavy (non-hydrogen) atoms. The first-order chi connectivity index (χ1) is 10.5. The molecule has 0 bridgehead atoms. The summed E-state index contributed by atoms with van der Waals surface area (Å²) in [6, 6.07) is 0.129. The molecule has 1 saturated carbocycles. The maximum absolute atomic E-state index is 12.2.